The number of halogens is 6. The van der Waals surface area contributed by atoms with Crippen molar-refractivity contribution in [1.29, 1.82) is 0 Å². The van der Waals surface area contributed by atoms with Crippen molar-refractivity contribution in [2.75, 3.05) is 6.54 Å². The van der Waals surface area contributed by atoms with E-state index in [4.69, 9.17) is 0 Å². The summed E-state index contributed by atoms with van der Waals surface area (Å²) in [5, 5.41) is 1.99. The SMILES string of the molecule is CC(C)=C([NH3+])C(=O)N1CCC[C@H]1C(=O)N[C@@H](C(=O)C(F)(F)C(F)(F)F)C(C)C.[Cl-]. The monoisotopic (exact) mass is 449 g/mol. The summed E-state index contributed by atoms with van der Waals surface area (Å²) in [5.41, 5.74) is 4.42. The van der Waals surface area contributed by atoms with E-state index in [1.165, 1.54) is 18.7 Å². The van der Waals surface area contributed by atoms with Crippen LogP contribution >= 0.6 is 0 Å². The summed E-state index contributed by atoms with van der Waals surface area (Å²) in [5.74, 6) is -10.5. The number of allylic oxidation sites excluding steroid dienone is 1. The first-order valence-corrected chi connectivity index (χ1v) is 8.72. The number of ketones is 1. The molecule has 0 saturated carbocycles. The minimum atomic E-state index is -6.07. The molecule has 1 rings (SSSR count). The first kappa shape index (κ1) is 27.2. The van der Waals surface area contributed by atoms with Crippen molar-refractivity contribution in [2.24, 2.45) is 5.92 Å². The molecular weight excluding hydrogens is 425 g/mol. The molecule has 1 fully saturated rings. The fourth-order valence-corrected chi connectivity index (χ4v) is 2.79. The minimum Gasteiger partial charge on any atom is -1.00 e. The number of alkyl halides is 5. The second-order valence-electron chi connectivity index (χ2n) is 7.30. The third kappa shape index (κ3) is 5.88. The summed E-state index contributed by atoms with van der Waals surface area (Å²) < 4.78 is 64.5. The van der Waals surface area contributed by atoms with Crippen LogP contribution in [0.3, 0.4) is 0 Å². The molecule has 1 aliphatic rings. The van der Waals surface area contributed by atoms with Gasteiger partial charge in [-0.05, 0) is 38.2 Å². The van der Waals surface area contributed by atoms with Crippen LogP contribution in [0.5, 0.6) is 0 Å². The number of carbonyl (C=O) groups excluding carboxylic acids is 3. The van der Waals surface area contributed by atoms with Gasteiger partial charge in [0.25, 0.3) is 0 Å². The lowest BCUT2D eigenvalue weighted by Gasteiger charge is -2.29. The average Bonchev–Trinajstić information content (AvgIpc) is 3.05. The van der Waals surface area contributed by atoms with E-state index in [0.29, 0.717) is 12.0 Å². The van der Waals surface area contributed by atoms with Gasteiger partial charge in [0.05, 0.1) is 6.04 Å². The second-order valence-corrected chi connectivity index (χ2v) is 7.30. The maximum Gasteiger partial charge on any atom is 0.461 e. The van der Waals surface area contributed by atoms with E-state index in [9.17, 15) is 36.3 Å². The highest BCUT2D eigenvalue weighted by Crippen LogP contribution is 2.37. The molecule has 0 aromatic carbocycles. The van der Waals surface area contributed by atoms with Crippen LogP contribution in [0.1, 0.15) is 40.5 Å². The largest absolute Gasteiger partial charge is 1.00 e. The van der Waals surface area contributed by atoms with Gasteiger partial charge in [-0.25, -0.2) is 0 Å². The predicted molar refractivity (Wildman–Crippen MR) is 88.8 cm³/mol. The van der Waals surface area contributed by atoms with Crippen molar-refractivity contribution in [3.63, 3.8) is 0 Å². The van der Waals surface area contributed by atoms with Crippen LogP contribution in [0.2, 0.25) is 0 Å². The summed E-state index contributed by atoms with van der Waals surface area (Å²) in [7, 11) is 0. The quantitative estimate of drug-likeness (QED) is 0.379. The molecule has 0 bridgehead atoms. The van der Waals surface area contributed by atoms with Crippen molar-refractivity contribution < 1.29 is 54.5 Å². The number of likely N-dealkylation sites (tertiary alicyclic amines) is 1. The van der Waals surface area contributed by atoms with E-state index in [0.717, 1.165) is 0 Å². The molecule has 1 heterocycles. The topological polar surface area (TPSA) is 94.1 Å². The van der Waals surface area contributed by atoms with E-state index >= 15 is 0 Å². The first-order valence-electron chi connectivity index (χ1n) is 8.72. The van der Waals surface area contributed by atoms with Crippen LogP contribution in [0.15, 0.2) is 11.3 Å². The highest BCUT2D eigenvalue weighted by atomic mass is 35.5. The summed E-state index contributed by atoms with van der Waals surface area (Å²) in [6.07, 6.45) is -5.43. The number of carbonyl (C=O) groups is 3. The Balaban J connectivity index is 0.00000784. The summed E-state index contributed by atoms with van der Waals surface area (Å²) >= 11 is 0. The third-order valence-corrected chi connectivity index (χ3v) is 4.59. The van der Waals surface area contributed by atoms with Gasteiger partial charge in [0.1, 0.15) is 6.04 Å². The van der Waals surface area contributed by atoms with Crippen molar-refractivity contribution in [3.05, 3.63) is 11.3 Å². The molecule has 29 heavy (non-hydrogen) atoms. The number of amides is 2. The molecule has 12 heteroatoms. The molecule has 1 aliphatic heterocycles. The molecule has 2 amide bonds. The minimum absolute atomic E-state index is 0. The van der Waals surface area contributed by atoms with Gasteiger partial charge in [0.15, 0.2) is 5.70 Å². The number of nitrogens with zero attached hydrogens (tertiary/aromatic N) is 1. The number of Topliss-reactive ketones (excluding diaryl/α,β-unsaturated/α-hetero) is 1. The standard InChI is InChI=1S/C17H24F5N3O3.ClH/c1-8(2)11(23)15(28)25-7-5-6-10(25)14(27)24-12(9(3)4)13(26)16(18,19)17(20,21)22;/h9-10,12H,5-7,23H2,1-4H3,(H,24,27);1H/t10-,12+;/m0./s1. The zero-order valence-electron chi connectivity index (χ0n) is 16.5. The number of hydrogen-bond donors (Lipinski definition) is 2. The average molecular weight is 450 g/mol. The van der Waals surface area contributed by atoms with E-state index in [-0.39, 0.29) is 31.1 Å². The van der Waals surface area contributed by atoms with Gasteiger partial charge >= 0.3 is 18.0 Å². The van der Waals surface area contributed by atoms with E-state index < -0.39 is 47.7 Å². The van der Waals surface area contributed by atoms with Gasteiger partial charge < -0.3 is 28.4 Å². The lowest BCUT2D eigenvalue weighted by atomic mass is 9.95. The Morgan fingerprint density at radius 2 is 1.62 bits per heavy atom. The first-order chi connectivity index (χ1) is 12.6. The zero-order chi connectivity index (χ0) is 22.0. The maximum absolute atomic E-state index is 13.5. The zero-order valence-corrected chi connectivity index (χ0v) is 17.3. The smallest absolute Gasteiger partial charge is 0.461 e. The highest BCUT2D eigenvalue weighted by molar-refractivity contribution is 5.98. The van der Waals surface area contributed by atoms with Gasteiger partial charge in [-0.2, -0.15) is 22.0 Å². The van der Waals surface area contributed by atoms with Crippen LogP contribution in [-0.2, 0) is 14.4 Å². The molecule has 4 N–H and O–H groups in total. The maximum atomic E-state index is 13.5. The molecular formula is C17H25ClF5N3O3. The molecule has 2 atom stereocenters. The van der Waals surface area contributed by atoms with E-state index in [1.54, 1.807) is 13.8 Å². The molecule has 0 radical (unpaired) electrons. The summed E-state index contributed by atoms with van der Waals surface area (Å²) in [4.78, 5) is 38.0. The van der Waals surface area contributed by atoms with Crippen LogP contribution in [-0.4, -0.2) is 53.2 Å². The Morgan fingerprint density at radius 3 is 2.03 bits per heavy atom. The Bertz CT molecular complexity index is 676. The molecule has 0 aromatic rings. The van der Waals surface area contributed by atoms with Gasteiger partial charge in [-0.1, -0.05) is 13.8 Å². The molecule has 1 saturated heterocycles. The molecule has 0 aromatic heterocycles. The fourth-order valence-electron chi connectivity index (χ4n) is 2.79. The predicted octanol–water partition coefficient (Wildman–Crippen LogP) is -1.58. The molecule has 0 spiro atoms. The lowest BCUT2D eigenvalue weighted by molar-refractivity contribution is -0.302. The normalized spacial score (nSPS) is 18.2. The van der Waals surface area contributed by atoms with Crippen LogP contribution in [0, 0.1) is 5.92 Å². The number of quaternary nitrogens is 1. The third-order valence-electron chi connectivity index (χ3n) is 4.59. The highest BCUT2D eigenvalue weighted by Gasteiger charge is 2.64. The van der Waals surface area contributed by atoms with Crippen molar-refractivity contribution in [2.45, 2.75) is 64.7 Å². The van der Waals surface area contributed by atoms with Gasteiger partial charge in [-0.3, -0.25) is 14.4 Å². The van der Waals surface area contributed by atoms with Crippen molar-refractivity contribution >= 4 is 17.6 Å². The molecule has 0 aliphatic carbocycles. The Morgan fingerprint density at radius 1 is 1.10 bits per heavy atom. The van der Waals surface area contributed by atoms with E-state index in [2.05, 4.69) is 5.73 Å². The lowest BCUT2D eigenvalue weighted by Crippen LogP contribution is -3.00. The Kier molecular flexibility index (Phi) is 9.24. The Hall–Kier alpha value is -1.75. The van der Waals surface area contributed by atoms with Crippen LogP contribution in [0.25, 0.3) is 0 Å². The van der Waals surface area contributed by atoms with E-state index in [1.807, 2.05) is 5.32 Å². The fraction of sp³-hybridized carbons (Fsp3) is 0.706. The van der Waals surface area contributed by atoms with Gasteiger partial charge in [0.2, 0.25) is 11.7 Å². The van der Waals surface area contributed by atoms with Crippen molar-refractivity contribution in [1.82, 2.24) is 10.2 Å². The Labute approximate surface area is 171 Å². The number of nitrogens with one attached hydrogen (secondary N) is 1. The summed E-state index contributed by atoms with van der Waals surface area (Å²) in [6, 6.07) is -3.12. The van der Waals surface area contributed by atoms with Crippen molar-refractivity contribution in [3.8, 4) is 0 Å². The molecule has 168 valence electrons. The number of hydrogen-bond acceptors (Lipinski definition) is 3. The molecule has 0 unspecified atom stereocenters. The van der Waals surface area contributed by atoms with Gasteiger partial charge in [0, 0.05) is 6.54 Å². The number of rotatable bonds is 6. The van der Waals surface area contributed by atoms with Crippen LogP contribution < -0.4 is 23.5 Å². The van der Waals surface area contributed by atoms with Gasteiger partial charge in [-0.15, -0.1) is 0 Å². The second kappa shape index (κ2) is 9.84. The summed E-state index contributed by atoms with van der Waals surface area (Å²) in [6.45, 7) is 5.99. The van der Waals surface area contributed by atoms with Crippen LogP contribution in [0.4, 0.5) is 22.0 Å². The molecule has 6 nitrogen and oxygen atoms in total.